The van der Waals surface area contributed by atoms with E-state index in [2.05, 4.69) is 10.3 Å². The van der Waals surface area contributed by atoms with Gasteiger partial charge in [-0.3, -0.25) is 4.79 Å². The maximum Gasteiger partial charge on any atom is 0.252 e. The first-order chi connectivity index (χ1) is 12.0. The Labute approximate surface area is 147 Å². The van der Waals surface area contributed by atoms with Gasteiger partial charge in [0.15, 0.2) is 0 Å². The number of carbonyl (C=O) groups excluding carboxylic acids is 1. The van der Waals surface area contributed by atoms with Crippen molar-refractivity contribution in [2.75, 3.05) is 13.2 Å². The molecule has 0 spiro atoms. The third-order valence-electron chi connectivity index (χ3n) is 4.29. The van der Waals surface area contributed by atoms with Gasteiger partial charge in [0.05, 0.1) is 11.7 Å². The van der Waals surface area contributed by atoms with Crippen molar-refractivity contribution in [2.45, 2.75) is 45.3 Å². The van der Waals surface area contributed by atoms with Crippen molar-refractivity contribution in [3.8, 4) is 11.6 Å². The van der Waals surface area contributed by atoms with Gasteiger partial charge < -0.3 is 20.5 Å². The minimum Gasteiger partial charge on any atom is -0.490 e. The second kappa shape index (κ2) is 7.70. The number of carbonyl (C=O) groups is 1. The molecule has 1 aliphatic rings. The number of hydrogen-bond donors (Lipinski definition) is 2. The van der Waals surface area contributed by atoms with Crippen LogP contribution in [0.3, 0.4) is 0 Å². The lowest BCUT2D eigenvalue weighted by atomic mass is 10.1. The molecule has 0 radical (unpaired) electrons. The van der Waals surface area contributed by atoms with Crippen molar-refractivity contribution in [1.29, 1.82) is 0 Å². The number of nitrogens with two attached hydrogens (primary N) is 1. The topological polar surface area (TPSA) is 86.5 Å². The van der Waals surface area contributed by atoms with Crippen molar-refractivity contribution in [1.82, 2.24) is 10.3 Å². The minimum absolute atomic E-state index is 0.0666. The van der Waals surface area contributed by atoms with Crippen LogP contribution in [0, 0.1) is 0 Å². The molecule has 0 saturated carbocycles. The van der Waals surface area contributed by atoms with E-state index >= 15 is 0 Å². The second-order valence-corrected chi connectivity index (χ2v) is 6.67. The number of hydrogen-bond acceptors (Lipinski definition) is 5. The SMILES string of the molecule is CC(C)Oc1cc2c(OCC3CCCCN3)nccc2cc1C(N)=O. The van der Waals surface area contributed by atoms with Crippen LogP contribution in [-0.2, 0) is 0 Å². The van der Waals surface area contributed by atoms with Gasteiger partial charge in [-0.05, 0) is 56.8 Å². The number of nitrogens with zero attached hydrogens (tertiary/aromatic N) is 1. The molecular formula is C19H25N3O3. The molecule has 1 unspecified atom stereocenters. The van der Waals surface area contributed by atoms with E-state index in [0.29, 0.717) is 29.8 Å². The van der Waals surface area contributed by atoms with Gasteiger partial charge in [-0.15, -0.1) is 0 Å². The molecule has 6 nitrogen and oxygen atoms in total. The zero-order valence-electron chi connectivity index (χ0n) is 14.7. The zero-order valence-corrected chi connectivity index (χ0v) is 14.7. The van der Waals surface area contributed by atoms with Gasteiger partial charge in [0, 0.05) is 17.6 Å². The normalized spacial score (nSPS) is 17.6. The molecule has 25 heavy (non-hydrogen) atoms. The van der Waals surface area contributed by atoms with Gasteiger partial charge in [0.25, 0.3) is 5.91 Å². The third kappa shape index (κ3) is 4.20. The Balaban J connectivity index is 1.91. The summed E-state index contributed by atoms with van der Waals surface area (Å²) in [5, 5.41) is 5.13. The molecule has 1 saturated heterocycles. The number of amides is 1. The van der Waals surface area contributed by atoms with Gasteiger partial charge in [0.2, 0.25) is 5.88 Å². The van der Waals surface area contributed by atoms with Crippen LogP contribution in [0.5, 0.6) is 11.6 Å². The second-order valence-electron chi connectivity index (χ2n) is 6.67. The Morgan fingerprint density at radius 2 is 2.24 bits per heavy atom. The Morgan fingerprint density at radius 3 is 2.92 bits per heavy atom. The van der Waals surface area contributed by atoms with E-state index in [1.54, 1.807) is 18.3 Å². The number of rotatable bonds is 6. The van der Waals surface area contributed by atoms with Crippen LogP contribution in [0.4, 0.5) is 0 Å². The monoisotopic (exact) mass is 343 g/mol. The first kappa shape index (κ1) is 17.5. The smallest absolute Gasteiger partial charge is 0.252 e. The van der Waals surface area contributed by atoms with Crippen LogP contribution in [-0.4, -0.2) is 36.2 Å². The molecule has 6 heteroatoms. The highest BCUT2D eigenvalue weighted by atomic mass is 16.5. The average Bonchev–Trinajstić information content (AvgIpc) is 2.59. The molecule has 2 heterocycles. The number of primary amides is 1. The van der Waals surface area contributed by atoms with Crippen molar-refractivity contribution < 1.29 is 14.3 Å². The molecule has 1 fully saturated rings. The summed E-state index contributed by atoms with van der Waals surface area (Å²) < 4.78 is 11.7. The highest BCUT2D eigenvalue weighted by molar-refractivity contribution is 6.01. The van der Waals surface area contributed by atoms with Crippen molar-refractivity contribution in [2.24, 2.45) is 5.73 Å². The lowest BCUT2D eigenvalue weighted by Gasteiger charge is -2.23. The number of aromatic nitrogens is 1. The summed E-state index contributed by atoms with van der Waals surface area (Å²) in [4.78, 5) is 16.1. The predicted molar refractivity (Wildman–Crippen MR) is 97.2 cm³/mol. The van der Waals surface area contributed by atoms with Crippen LogP contribution in [0.2, 0.25) is 0 Å². The molecule has 134 valence electrons. The Hall–Kier alpha value is -2.34. The number of fused-ring (bicyclic) bond motifs is 1. The van der Waals surface area contributed by atoms with E-state index in [0.717, 1.165) is 23.7 Å². The molecule has 1 atom stereocenters. The predicted octanol–water partition coefficient (Wildman–Crippen LogP) is 2.64. The molecule has 2 aromatic rings. The fraction of sp³-hybridized carbons (Fsp3) is 0.474. The van der Waals surface area contributed by atoms with Gasteiger partial charge in [-0.1, -0.05) is 6.42 Å². The maximum atomic E-state index is 11.8. The molecule has 1 amide bonds. The summed E-state index contributed by atoms with van der Waals surface area (Å²) in [7, 11) is 0. The highest BCUT2D eigenvalue weighted by Crippen LogP contribution is 2.31. The van der Waals surface area contributed by atoms with E-state index in [1.807, 2.05) is 19.9 Å². The summed E-state index contributed by atoms with van der Waals surface area (Å²) in [6.07, 6.45) is 5.16. The Bertz CT molecular complexity index is 755. The van der Waals surface area contributed by atoms with E-state index in [9.17, 15) is 4.79 Å². The minimum atomic E-state index is -0.511. The van der Waals surface area contributed by atoms with E-state index in [1.165, 1.54) is 12.8 Å². The first-order valence-electron chi connectivity index (χ1n) is 8.80. The van der Waals surface area contributed by atoms with Crippen molar-refractivity contribution >= 4 is 16.7 Å². The van der Waals surface area contributed by atoms with Crippen LogP contribution < -0.4 is 20.5 Å². The molecule has 1 aromatic carbocycles. The average molecular weight is 343 g/mol. The number of pyridine rings is 1. The number of piperidine rings is 1. The van der Waals surface area contributed by atoms with Gasteiger partial charge in [-0.25, -0.2) is 4.98 Å². The molecule has 3 N–H and O–H groups in total. The first-order valence-corrected chi connectivity index (χ1v) is 8.80. The maximum absolute atomic E-state index is 11.8. The number of ether oxygens (including phenoxy) is 2. The number of nitrogens with one attached hydrogen (secondary N) is 1. The van der Waals surface area contributed by atoms with E-state index in [4.69, 9.17) is 15.2 Å². The molecule has 1 aliphatic heterocycles. The zero-order chi connectivity index (χ0) is 17.8. The summed E-state index contributed by atoms with van der Waals surface area (Å²) >= 11 is 0. The molecular weight excluding hydrogens is 318 g/mol. The molecule has 3 rings (SSSR count). The van der Waals surface area contributed by atoms with Gasteiger partial charge in [0.1, 0.15) is 12.4 Å². The van der Waals surface area contributed by atoms with E-state index < -0.39 is 5.91 Å². The summed E-state index contributed by atoms with van der Waals surface area (Å²) in [6.45, 7) is 5.42. The fourth-order valence-corrected chi connectivity index (χ4v) is 3.08. The summed E-state index contributed by atoms with van der Waals surface area (Å²) in [5.41, 5.74) is 5.87. The van der Waals surface area contributed by atoms with Crippen LogP contribution >= 0.6 is 0 Å². The third-order valence-corrected chi connectivity index (χ3v) is 4.29. The van der Waals surface area contributed by atoms with Gasteiger partial charge >= 0.3 is 0 Å². The highest BCUT2D eigenvalue weighted by Gasteiger charge is 2.17. The lowest BCUT2D eigenvalue weighted by Crippen LogP contribution is -2.38. The molecule has 0 bridgehead atoms. The van der Waals surface area contributed by atoms with Crippen LogP contribution in [0.25, 0.3) is 10.8 Å². The Kier molecular flexibility index (Phi) is 5.38. The lowest BCUT2D eigenvalue weighted by molar-refractivity contribution is 0.0994. The fourth-order valence-electron chi connectivity index (χ4n) is 3.08. The van der Waals surface area contributed by atoms with Crippen LogP contribution in [0.15, 0.2) is 24.4 Å². The van der Waals surface area contributed by atoms with Crippen LogP contribution in [0.1, 0.15) is 43.5 Å². The Morgan fingerprint density at radius 1 is 1.40 bits per heavy atom. The quantitative estimate of drug-likeness (QED) is 0.842. The molecule has 0 aliphatic carbocycles. The molecule has 1 aromatic heterocycles. The largest absolute Gasteiger partial charge is 0.490 e. The number of benzene rings is 1. The summed E-state index contributed by atoms with van der Waals surface area (Å²) in [5.74, 6) is 0.501. The summed E-state index contributed by atoms with van der Waals surface area (Å²) in [6, 6.07) is 5.73. The standard InChI is InChI=1S/C19H25N3O3/c1-12(2)25-17-10-15-13(9-16(17)18(20)23)6-8-22-19(15)24-11-14-5-3-4-7-21-14/h6,8-10,12,14,21H,3-5,7,11H2,1-2H3,(H2,20,23). The van der Waals surface area contributed by atoms with Gasteiger partial charge in [-0.2, -0.15) is 0 Å². The van der Waals surface area contributed by atoms with Crippen molar-refractivity contribution in [3.63, 3.8) is 0 Å². The van der Waals surface area contributed by atoms with E-state index in [-0.39, 0.29) is 6.10 Å². The van der Waals surface area contributed by atoms with Crippen molar-refractivity contribution in [3.05, 3.63) is 30.0 Å².